The molecular formula is C15H10BrCl2N3O2S. The van der Waals surface area contributed by atoms with Gasteiger partial charge in [-0.3, -0.25) is 25.8 Å². The highest BCUT2D eigenvalue weighted by Gasteiger charge is 2.13. The first-order valence-corrected chi connectivity index (χ1v) is 8.45. The van der Waals surface area contributed by atoms with Gasteiger partial charge in [-0.05, 0) is 58.5 Å². The van der Waals surface area contributed by atoms with E-state index in [2.05, 4.69) is 32.1 Å². The molecule has 0 spiro atoms. The Balaban J connectivity index is 1.92. The predicted molar refractivity (Wildman–Crippen MR) is 101 cm³/mol. The molecule has 0 bridgehead atoms. The van der Waals surface area contributed by atoms with Crippen molar-refractivity contribution < 1.29 is 9.59 Å². The van der Waals surface area contributed by atoms with Crippen LogP contribution in [-0.2, 0) is 0 Å². The normalized spacial score (nSPS) is 9.96. The molecule has 0 aliphatic heterocycles. The minimum Gasteiger partial charge on any atom is -0.298 e. The maximum atomic E-state index is 12.1. The van der Waals surface area contributed by atoms with Gasteiger partial charge in [0.1, 0.15) is 0 Å². The number of hydrogen-bond donors (Lipinski definition) is 3. The lowest BCUT2D eigenvalue weighted by Crippen LogP contribution is -2.48. The zero-order valence-electron chi connectivity index (χ0n) is 11.9. The van der Waals surface area contributed by atoms with E-state index in [1.54, 1.807) is 24.3 Å². The SMILES string of the molecule is O=C(NC(=S)NNC(=O)c1ccccc1Br)c1ccc(Cl)cc1Cl. The van der Waals surface area contributed by atoms with E-state index < -0.39 is 11.8 Å². The molecule has 2 aromatic rings. The van der Waals surface area contributed by atoms with E-state index in [4.69, 9.17) is 35.4 Å². The Labute approximate surface area is 161 Å². The summed E-state index contributed by atoms with van der Waals surface area (Å²) < 4.78 is 0.632. The van der Waals surface area contributed by atoms with E-state index in [9.17, 15) is 9.59 Å². The third kappa shape index (κ3) is 4.91. The lowest BCUT2D eigenvalue weighted by molar-refractivity contribution is 0.0934. The number of hydrazine groups is 1. The van der Waals surface area contributed by atoms with Crippen LogP contribution in [-0.4, -0.2) is 16.9 Å². The Morgan fingerprint density at radius 1 is 0.958 bits per heavy atom. The quantitative estimate of drug-likeness (QED) is 0.485. The van der Waals surface area contributed by atoms with Crippen molar-refractivity contribution in [1.29, 1.82) is 0 Å². The van der Waals surface area contributed by atoms with Gasteiger partial charge in [0.25, 0.3) is 11.8 Å². The molecule has 5 nitrogen and oxygen atoms in total. The number of carbonyl (C=O) groups excluding carboxylic acids is 2. The van der Waals surface area contributed by atoms with Gasteiger partial charge in [0.15, 0.2) is 5.11 Å². The van der Waals surface area contributed by atoms with Gasteiger partial charge in [-0.25, -0.2) is 0 Å². The van der Waals surface area contributed by atoms with Gasteiger partial charge in [-0.2, -0.15) is 0 Å². The Hall–Kier alpha value is -1.67. The molecule has 2 amide bonds. The maximum absolute atomic E-state index is 12.1. The summed E-state index contributed by atoms with van der Waals surface area (Å²) in [4.78, 5) is 24.1. The topological polar surface area (TPSA) is 70.2 Å². The number of amides is 2. The minimum atomic E-state index is -0.524. The van der Waals surface area contributed by atoms with Crippen LogP contribution < -0.4 is 16.2 Å². The van der Waals surface area contributed by atoms with Crippen LogP contribution in [0.1, 0.15) is 20.7 Å². The molecule has 0 atom stereocenters. The Bertz CT molecular complexity index is 817. The van der Waals surface area contributed by atoms with Gasteiger partial charge < -0.3 is 0 Å². The van der Waals surface area contributed by atoms with Gasteiger partial charge in [-0.1, -0.05) is 35.3 Å². The predicted octanol–water partition coefficient (Wildman–Crippen LogP) is 3.71. The van der Waals surface area contributed by atoms with Crippen molar-refractivity contribution in [3.8, 4) is 0 Å². The van der Waals surface area contributed by atoms with Gasteiger partial charge >= 0.3 is 0 Å². The number of rotatable bonds is 2. The average Bonchev–Trinajstić information content (AvgIpc) is 2.52. The number of carbonyl (C=O) groups is 2. The molecular weight excluding hydrogens is 437 g/mol. The van der Waals surface area contributed by atoms with E-state index in [1.165, 1.54) is 18.2 Å². The van der Waals surface area contributed by atoms with E-state index in [1.807, 2.05) is 0 Å². The molecule has 24 heavy (non-hydrogen) atoms. The minimum absolute atomic E-state index is 0.0774. The van der Waals surface area contributed by atoms with Gasteiger partial charge in [0.2, 0.25) is 0 Å². The molecule has 0 saturated carbocycles. The summed E-state index contributed by atoms with van der Waals surface area (Å²) in [6.45, 7) is 0. The Morgan fingerprint density at radius 2 is 1.67 bits per heavy atom. The van der Waals surface area contributed by atoms with E-state index in [0.717, 1.165) is 0 Å². The Kier molecular flexibility index (Phi) is 6.56. The van der Waals surface area contributed by atoms with Crippen molar-refractivity contribution in [1.82, 2.24) is 16.2 Å². The van der Waals surface area contributed by atoms with Crippen LogP contribution in [0.3, 0.4) is 0 Å². The van der Waals surface area contributed by atoms with E-state index in [-0.39, 0.29) is 15.7 Å². The van der Waals surface area contributed by atoms with Crippen molar-refractivity contribution in [2.45, 2.75) is 0 Å². The lowest BCUT2D eigenvalue weighted by atomic mass is 10.2. The van der Waals surface area contributed by atoms with Gasteiger partial charge in [-0.15, -0.1) is 0 Å². The van der Waals surface area contributed by atoms with Crippen molar-refractivity contribution >= 4 is 68.3 Å². The highest BCUT2D eigenvalue weighted by atomic mass is 79.9. The number of hydrogen-bond acceptors (Lipinski definition) is 3. The summed E-state index contributed by atoms with van der Waals surface area (Å²) in [5.74, 6) is -0.937. The molecule has 9 heteroatoms. The average molecular weight is 447 g/mol. The van der Waals surface area contributed by atoms with Crippen LogP contribution in [0.4, 0.5) is 0 Å². The first kappa shape index (κ1) is 18.7. The smallest absolute Gasteiger partial charge is 0.270 e. The van der Waals surface area contributed by atoms with Crippen LogP contribution in [0.15, 0.2) is 46.9 Å². The highest BCUT2D eigenvalue weighted by molar-refractivity contribution is 9.10. The fourth-order valence-corrected chi connectivity index (χ4v) is 2.80. The second-order valence-corrected chi connectivity index (χ2v) is 6.57. The number of thiocarbonyl (C=S) groups is 1. The summed E-state index contributed by atoms with van der Waals surface area (Å²) >= 11 is 20.0. The molecule has 3 N–H and O–H groups in total. The molecule has 0 unspecified atom stereocenters. The molecule has 0 radical (unpaired) electrons. The molecule has 2 rings (SSSR count). The van der Waals surface area contributed by atoms with Crippen LogP contribution in [0.5, 0.6) is 0 Å². The second kappa shape index (κ2) is 8.43. The molecule has 0 aliphatic carbocycles. The second-order valence-electron chi connectivity index (χ2n) is 4.47. The standard InChI is InChI=1S/C15H10BrCl2N3O2S/c16-11-4-2-1-3-9(11)14(23)20-21-15(24)19-13(22)10-6-5-8(17)7-12(10)18/h1-7H,(H,20,23)(H2,19,21,22,24). The molecule has 0 heterocycles. The highest BCUT2D eigenvalue weighted by Crippen LogP contribution is 2.20. The van der Waals surface area contributed by atoms with Crippen LogP contribution >= 0.6 is 51.3 Å². The maximum Gasteiger partial charge on any atom is 0.270 e. The molecule has 124 valence electrons. The summed E-state index contributed by atoms with van der Waals surface area (Å²) in [7, 11) is 0. The third-order valence-corrected chi connectivity index (χ3v) is 4.25. The number of benzene rings is 2. The fraction of sp³-hybridized carbons (Fsp3) is 0. The van der Waals surface area contributed by atoms with E-state index in [0.29, 0.717) is 15.1 Å². The molecule has 0 fully saturated rings. The summed E-state index contributed by atoms with van der Waals surface area (Å²) in [5, 5.41) is 2.94. The summed E-state index contributed by atoms with van der Waals surface area (Å²) in [5.41, 5.74) is 5.47. The zero-order chi connectivity index (χ0) is 17.7. The fourth-order valence-electron chi connectivity index (χ4n) is 1.70. The molecule has 0 saturated heterocycles. The van der Waals surface area contributed by atoms with Crippen LogP contribution in [0.25, 0.3) is 0 Å². The summed E-state index contributed by atoms with van der Waals surface area (Å²) in [6.07, 6.45) is 0. The largest absolute Gasteiger partial charge is 0.298 e. The first-order valence-electron chi connectivity index (χ1n) is 6.49. The van der Waals surface area contributed by atoms with Crippen molar-refractivity contribution in [3.63, 3.8) is 0 Å². The van der Waals surface area contributed by atoms with Crippen molar-refractivity contribution in [3.05, 3.63) is 68.1 Å². The van der Waals surface area contributed by atoms with Crippen molar-refractivity contribution in [2.24, 2.45) is 0 Å². The molecule has 2 aromatic carbocycles. The first-order chi connectivity index (χ1) is 11.4. The molecule has 0 aromatic heterocycles. The van der Waals surface area contributed by atoms with Crippen molar-refractivity contribution in [2.75, 3.05) is 0 Å². The van der Waals surface area contributed by atoms with Crippen LogP contribution in [0.2, 0.25) is 10.0 Å². The summed E-state index contributed by atoms with van der Waals surface area (Å²) in [6, 6.07) is 11.3. The van der Waals surface area contributed by atoms with E-state index >= 15 is 0 Å². The number of nitrogens with one attached hydrogen (secondary N) is 3. The van der Waals surface area contributed by atoms with Gasteiger partial charge in [0, 0.05) is 9.50 Å². The molecule has 0 aliphatic rings. The monoisotopic (exact) mass is 445 g/mol. The van der Waals surface area contributed by atoms with Gasteiger partial charge in [0.05, 0.1) is 16.1 Å². The Morgan fingerprint density at radius 3 is 2.33 bits per heavy atom. The zero-order valence-corrected chi connectivity index (χ0v) is 15.8. The number of halogens is 3. The third-order valence-electron chi connectivity index (χ3n) is 2.81. The van der Waals surface area contributed by atoms with Crippen LogP contribution in [0, 0.1) is 0 Å². The lowest BCUT2D eigenvalue weighted by Gasteiger charge is -2.12.